The molecule has 3 aromatic rings. The number of urea groups is 1. The standard InChI is InChI=1S/C33H43N5O/c1-25-16-17-30-31(34-25)14-7-15-32(30)37-22-20-36(21-23-37)19-18-26-8-6-13-29(24-26)38(28-11-4-5-12-28)33(39)35-27-9-2-3-10-27/h6-8,13-17,24,27-28H,2-5,9-12,18-23H2,1H3,(H,35,39). The van der Waals surface area contributed by atoms with E-state index in [-0.39, 0.29) is 6.03 Å². The van der Waals surface area contributed by atoms with Gasteiger partial charge in [-0.1, -0.05) is 43.9 Å². The zero-order valence-electron chi connectivity index (χ0n) is 23.4. The minimum atomic E-state index is 0.112. The molecule has 1 saturated heterocycles. The lowest BCUT2D eigenvalue weighted by molar-refractivity contribution is 0.240. The van der Waals surface area contributed by atoms with Gasteiger partial charge in [0.25, 0.3) is 0 Å². The van der Waals surface area contributed by atoms with Crippen LogP contribution in [0.15, 0.2) is 54.6 Å². The lowest BCUT2D eigenvalue weighted by Gasteiger charge is -2.36. The molecule has 2 saturated carbocycles. The number of amides is 2. The number of benzene rings is 2. The quantitative estimate of drug-likeness (QED) is 0.393. The summed E-state index contributed by atoms with van der Waals surface area (Å²) in [6.45, 7) is 7.29. The highest BCUT2D eigenvalue weighted by Gasteiger charge is 2.30. The molecule has 1 N–H and O–H groups in total. The molecule has 2 aliphatic carbocycles. The fourth-order valence-electron chi connectivity index (χ4n) is 6.85. The Kier molecular flexibility index (Phi) is 8.00. The summed E-state index contributed by atoms with van der Waals surface area (Å²) in [6.07, 6.45) is 10.4. The Morgan fingerprint density at radius 2 is 1.67 bits per heavy atom. The van der Waals surface area contributed by atoms with E-state index < -0.39 is 0 Å². The average Bonchev–Trinajstić information content (AvgIpc) is 3.67. The highest BCUT2D eigenvalue weighted by Crippen LogP contribution is 2.30. The first kappa shape index (κ1) is 26.1. The Bertz CT molecular complexity index is 1270. The van der Waals surface area contributed by atoms with Crippen LogP contribution in [-0.4, -0.2) is 60.7 Å². The molecule has 6 heteroatoms. The fraction of sp³-hybridized carbons (Fsp3) is 0.515. The predicted octanol–water partition coefficient (Wildman–Crippen LogP) is 6.31. The molecule has 1 aliphatic heterocycles. The van der Waals surface area contributed by atoms with E-state index in [1.807, 2.05) is 0 Å². The first-order valence-electron chi connectivity index (χ1n) is 15.2. The van der Waals surface area contributed by atoms with E-state index in [9.17, 15) is 4.79 Å². The number of carbonyl (C=O) groups excluding carboxylic acids is 1. The Hall–Kier alpha value is -3.12. The van der Waals surface area contributed by atoms with Crippen LogP contribution in [0.3, 0.4) is 0 Å². The topological polar surface area (TPSA) is 51.7 Å². The van der Waals surface area contributed by atoms with E-state index >= 15 is 0 Å². The van der Waals surface area contributed by atoms with Crippen molar-refractivity contribution in [1.82, 2.24) is 15.2 Å². The van der Waals surface area contributed by atoms with E-state index in [4.69, 9.17) is 4.98 Å². The highest BCUT2D eigenvalue weighted by molar-refractivity contribution is 5.93. The molecule has 3 aliphatic rings. The molecule has 1 aromatic heterocycles. The number of aromatic nitrogens is 1. The smallest absolute Gasteiger partial charge is 0.322 e. The number of hydrogen-bond donors (Lipinski definition) is 1. The second kappa shape index (κ2) is 12.0. The summed E-state index contributed by atoms with van der Waals surface area (Å²) >= 11 is 0. The first-order valence-corrected chi connectivity index (χ1v) is 15.2. The van der Waals surface area contributed by atoms with Crippen molar-refractivity contribution in [3.63, 3.8) is 0 Å². The van der Waals surface area contributed by atoms with Crippen LogP contribution in [0, 0.1) is 6.92 Å². The van der Waals surface area contributed by atoms with E-state index in [0.29, 0.717) is 12.1 Å². The van der Waals surface area contributed by atoms with Crippen molar-refractivity contribution in [2.75, 3.05) is 42.5 Å². The Morgan fingerprint density at radius 1 is 0.923 bits per heavy atom. The van der Waals surface area contributed by atoms with Gasteiger partial charge in [-0.3, -0.25) is 14.8 Å². The lowest BCUT2D eigenvalue weighted by Crippen LogP contribution is -2.48. The van der Waals surface area contributed by atoms with Crippen LogP contribution in [0.25, 0.3) is 10.9 Å². The molecule has 2 amide bonds. The number of hydrogen-bond acceptors (Lipinski definition) is 4. The molecular weight excluding hydrogens is 482 g/mol. The van der Waals surface area contributed by atoms with Crippen molar-refractivity contribution in [3.05, 3.63) is 65.9 Å². The zero-order chi connectivity index (χ0) is 26.6. The molecule has 6 nitrogen and oxygen atoms in total. The van der Waals surface area contributed by atoms with Crippen molar-refractivity contribution >= 4 is 28.3 Å². The van der Waals surface area contributed by atoms with Gasteiger partial charge in [-0.25, -0.2) is 4.79 Å². The van der Waals surface area contributed by atoms with Crippen LogP contribution in [0.1, 0.15) is 62.6 Å². The molecular formula is C33H43N5O. The van der Waals surface area contributed by atoms with Crippen LogP contribution in [-0.2, 0) is 6.42 Å². The van der Waals surface area contributed by atoms with Gasteiger partial charge in [-0.05, 0) is 81.0 Å². The van der Waals surface area contributed by atoms with E-state index in [0.717, 1.165) is 81.7 Å². The molecule has 6 rings (SSSR count). The Balaban J connectivity index is 1.07. The van der Waals surface area contributed by atoms with Gasteiger partial charge in [0.05, 0.1) is 5.52 Å². The van der Waals surface area contributed by atoms with Crippen molar-refractivity contribution in [2.45, 2.75) is 76.8 Å². The molecule has 206 valence electrons. The molecule has 39 heavy (non-hydrogen) atoms. The third-order valence-corrected chi connectivity index (χ3v) is 9.06. The maximum atomic E-state index is 13.4. The lowest BCUT2D eigenvalue weighted by atomic mass is 10.1. The molecule has 0 bridgehead atoms. The van der Waals surface area contributed by atoms with Crippen LogP contribution < -0.4 is 15.1 Å². The van der Waals surface area contributed by atoms with E-state index in [1.165, 1.54) is 42.3 Å². The maximum absolute atomic E-state index is 13.4. The van der Waals surface area contributed by atoms with Gasteiger partial charge < -0.3 is 10.2 Å². The fourth-order valence-corrected chi connectivity index (χ4v) is 6.85. The predicted molar refractivity (Wildman–Crippen MR) is 161 cm³/mol. The number of nitrogens with one attached hydrogen (secondary N) is 1. The molecule has 0 atom stereocenters. The SMILES string of the molecule is Cc1ccc2c(N3CCN(CCc4cccc(N(C(=O)NC5CCCC5)C5CCCC5)c4)CC3)cccc2n1. The number of anilines is 2. The molecule has 2 heterocycles. The largest absolute Gasteiger partial charge is 0.368 e. The Morgan fingerprint density at radius 3 is 2.46 bits per heavy atom. The summed E-state index contributed by atoms with van der Waals surface area (Å²) in [7, 11) is 0. The normalized spacial score (nSPS) is 19.2. The van der Waals surface area contributed by atoms with Gasteiger partial charge in [0.2, 0.25) is 0 Å². The van der Waals surface area contributed by atoms with E-state index in [1.54, 1.807) is 0 Å². The van der Waals surface area contributed by atoms with Gasteiger partial charge in [0, 0.05) is 67.3 Å². The van der Waals surface area contributed by atoms with Crippen LogP contribution in [0.5, 0.6) is 0 Å². The summed E-state index contributed by atoms with van der Waals surface area (Å²) in [6, 6.07) is 20.4. The summed E-state index contributed by atoms with van der Waals surface area (Å²) in [5.41, 5.74) is 5.84. The summed E-state index contributed by atoms with van der Waals surface area (Å²) in [5.74, 6) is 0. The number of rotatable bonds is 7. The second-order valence-corrected chi connectivity index (χ2v) is 11.8. The van der Waals surface area contributed by atoms with Gasteiger partial charge in [0.15, 0.2) is 0 Å². The van der Waals surface area contributed by atoms with E-state index in [2.05, 4.69) is 81.5 Å². The van der Waals surface area contributed by atoms with Gasteiger partial charge in [0.1, 0.15) is 0 Å². The van der Waals surface area contributed by atoms with Crippen LogP contribution >= 0.6 is 0 Å². The van der Waals surface area contributed by atoms with Gasteiger partial charge in [-0.2, -0.15) is 0 Å². The monoisotopic (exact) mass is 525 g/mol. The summed E-state index contributed by atoms with van der Waals surface area (Å²) in [5, 5.41) is 4.61. The van der Waals surface area contributed by atoms with Crippen LogP contribution in [0.2, 0.25) is 0 Å². The number of nitrogens with zero attached hydrogens (tertiary/aromatic N) is 4. The molecule has 0 unspecified atom stereocenters. The second-order valence-electron chi connectivity index (χ2n) is 11.8. The maximum Gasteiger partial charge on any atom is 0.322 e. The third-order valence-electron chi connectivity index (χ3n) is 9.06. The number of pyridine rings is 1. The van der Waals surface area contributed by atoms with Crippen LogP contribution in [0.4, 0.5) is 16.2 Å². The minimum Gasteiger partial charge on any atom is -0.368 e. The number of fused-ring (bicyclic) bond motifs is 1. The summed E-state index contributed by atoms with van der Waals surface area (Å²) < 4.78 is 0. The van der Waals surface area contributed by atoms with Crippen molar-refractivity contribution in [1.29, 1.82) is 0 Å². The molecule has 3 fully saturated rings. The highest BCUT2D eigenvalue weighted by atomic mass is 16.2. The molecule has 2 aromatic carbocycles. The molecule has 0 spiro atoms. The van der Waals surface area contributed by atoms with Crippen molar-refractivity contribution in [2.24, 2.45) is 0 Å². The third kappa shape index (κ3) is 6.06. The molecule has 0 radical (unpaired) electrons. The number of piperazine rings is 1. The van der Waals surface area contributed by atoms with Gasteiger partial charge >= 0.3 is 6.03 Å². The van der Waals surface area contributed by atoms with Gasteiger partial charge in [-0.15, -0.1) is 0 Å². The number of carbonyl (C=O) groups is 1. The van der Waals surface area contributed by atoms with Crippen molar-refractivity contribution in [3.8, 4) is 0 Å². The number of aryl methyl sites for hydroxylation is 1. The zero-order valence-corrected chi connectivity index (χ0v) is 23.4. The summed E-state index contributed by atoms with van der Waals surface area (Å²) in [4.78, 5) is 25.4. The average molecular weight is 526 g/mol. The minimum absolute atomic E-state index is 0.112. The van der Waals surface area contributed by atoms with Crippen molar-refractivity contribution < 1.29 is 4.79 Å². The first-order chi connectivity index (χ1) is 19.1. The Labute approximate surface area is 233 Å².